The standard InChI is InChI=1S/C11H19NOS/c1-2-3-4-5-9-11-8(7-14-9)6-10(13)12-11/h8-9,11H,2-7H2,1H3,(H,12,13)/t8-,9?,11-/m0/s1. The van der Waals surface area contributed by atoms with E-state index in [2.05, 4.69) is 24.0 Å². The van der Waals surface area contributed by atoms with Gasteiger partial charge in [-0.05, 0) is 18.1 Å². The van der Waals surface area contributed by atoms with Crippen LogP contribution in [0.25, 0.3) is 0 Å². The van der Waals surface area contributed by atoms with Crippen LogP contribution in [-0.4, -0.2) is 23.0 Å². The van der Waals surface area contributed by atoms with Crippen LogP contribution in [0.3, 0.4) is 0 Å². The Hall–Kier alpha value is -0.180. The average molecular weight is 213 g/mol. The number of unbranched alkanes of at least 4 members (excludes halogenated alkanes) is 2. The highest BCUT2D eigenvalue weighted by molar-refractivity contribution is 8.00. The van der Waals surface area contributed by atoms with Gasteiger partial charge in [-0.3, -0.25) is 4.79 Å². The molecule has 2 aliphatic rings. The Balaban J connectivity index is 1.80. The highest BCUT2D eigenvalue weighted by Crippen LogP contribution is 2.39. The van der Waals surface area contributed by atoms with Gasteiger partial charge in [0.15, 0.2) is 0 Å². The van der Waals surface area contributed by atoms with E-state index >= 15 is 0 Å². The second-order valence-corrected chi connectivity index (χ2v) is 5.70. The Morgan fingerprint density at radius 2 is 2.36 bits per heavy atom. The molecule has 2 fully saturated rings. The van der Waals surface area contributed by atoms with Crippen LogP contribution in [0, 0.1) is 5.92 Å². The summed E-state index contributed by atoms with van der Waals surface area (Å²) in [5.41, 5.74) is 0. The van der Waals surface area contributed by atoms with E-state index < -0.39 is 0 Å². The number of carbonyl (C=O) groups is 1. The van der Waals surface area contributed by atoms with Crippen LogP contribution >= 0.6 is 11.8 Å². The number of amides is 1. The molecule has 2 rings (SSSR count). The van der Waals surface area contributed by atoms with E-state index in [9.17, 15) is 4.79 Å². The molecule has 2 heterocycles. The summed E-state index contributed by atoms with van der Waals surface area (Å²) in [6, 6.07) is 0.504. The van der Waals surface area contributed by atoms with Crippen LogP contribution in [0.4, 0.5) is 0 Å². The smallest absolute Gasteiger partial charge is 0.220 e. The summed E-state index contributed by atoms with van der Waals surface area (Å²) >= 11 is 2.07. The Labute approximate surface area is 90.2 Å². The molecule has 0 spiro atoms. The third-order valence-electron chi connectivity index (χ3n) is 3.30. The number of nitrogens with one attached hydrogen (secondary N) is 1. The molecule has 2 saturated heterocycles. The fraction of sp³-hybridized carbons (Fsp3) is 0.909. The maximum Gasteiger partial charge on any atom is 0.220 e. The van der Waals surface area contributed by atoms with E-state index in [-0.39, 0.29) is 5.91 Å². The van der Waals surface area contributed by atoms with Gasteiger partial charge in [-0.25, -0.2) is 0 Å². The molecule has 14 heavy (non-hydrogen) atoms. The molecule has 0 aliphatic carbocycles. The number of hydrogen-bond donors (Lipinski definition) is 1. The molecule has 0 aromatic carbocycles. The molecule has 0 bridgehead atoms. The summed E-state index contributed by atoms with van der Waals surface area (Å²) in [6.07, 6.45) is 6.02. The van der Waals surface area contributed by atoms with Gasteiger partial charge in [0.05, 0.1) is 0 Å². The van der Waals surface area contributed by atoms with Crippen molar-refractivity contribution < 1.29 is 4.79 Å². The molecule has 3 heteroatoms. The second kappa shape index (κ2) is 4.56. The van der Waals surface area contributed by atoms with Crippen LogP contribution in [-0.2, 0) is 4.79 Å². The van der Waals surface area contributed by atoms with Gasteiger partial charge in [-0.1, -0.05) is 26.2 Å². The fourth-order valence-electron chi connectivity index (χ4n) is 2.50. The molecule has 2 aliphatic heterocycles. The van der Waals surface area contributed by atoms with Crippen LogP contribution in [0.2, 0.25) is 0 Å². The summed E-state index contributed by atoms with van der Waals surface area (Å²) < 4.78 is 0. The van der Waals surface area contributed by atoms with Gasteiger partial charge < -0.3 is 5.32 Å². The maximum atomic E-state index is 11.2. The van der Waals surface area contributed by atoms with Crippen LogP contribution < -0.4 is 5.32 Å². The molecule has 1 unspecified atom stereocenters. The number of rotatable bonds is 4. The van der Waals surface area contributed by atoms with Crippen molar-refractivity contribution in [3.05, 3.63) is 0 Å². The van der Waals surface area contributed by atoms with Gasteiger partial charge in [-0.2, -0.15) is 11.8 Å². The van der Waals surface area contributed by atoms with E-state index in [4.69, 9.17) is 0 Å². The molecular weight excluding hydrogens is 194 g/mol. The van der Waals surface area contributed by atoms with Crippen LogP contribution in [0.15, 0.2) is 0 Å². The van der Waals surface area contributed by atoms with Gasteiger partial charge in [0.2, 0.25) is 5.91 Å². The molecule has 2 nitrogen and oxygen atoms in total. The summed E-state index contributed by atoms with van der Waals surface area (Å²) in [4.78, 5) is 11.2. The minimum absolute atomic E-state index is 0.279. The van der Waals surface area contributed by atoms with Crippen molar-refractivity contribution in [2.24, 2.45) is 5.92 Å². The van der Waals surface area contributed by atoms with Crippen molar-refractivity contribution in [1.29, 1.82) is 0 Å². The Morgan fingerprint density at radius 3 is 3.14 bits per heavy atom. The monoisotopic (exact) mass is 213 g/mol. The van der Waals surface area contributed by atoms with Gasteiger partial charge in [0, 0.05) is 17.7 Å². The van der Waals surface area contributed by atoms with Crippen molar-refractivity contribution in [3.63, 3.8) is 0 Å². The number of thioether (sulfide) groups is 1. The lowest BCUT2D eigenvalue weighted by Crippen LogP contribution is -2.34. The fourth-order valence-corrected chi connectivity index (χ4v) is 4.15. The first-order chi connectivity index (χ1) is 6.81. The van der Waals surface area contributed by atoms with Gasteiger partial charge >= 0.3 is 0 Å². The maximum absolute atomic E-state index is 11.2. The molecular formula is C11H19NOS. The molecule has 0 aromatic heterocycles. The first-order valence-electron chi connectivity index (χ1n) is 5.72. The van der Waals surface area contributed by atoms with Crippen LogP contribution in [0.5, 0.6) is 0 Å². The number of fused-ring (bicyclic) bond motifs is 1. The third-order valence-corrected chi connectivity index (χ3v) is 4.88. The topological polar surface area (TPSA) is 29.1 Å². The van der Waals surface area contributed by atoms with Gasteiger partial charge in [0.25, 0.3) is 0 Å². The quantitative estimate of drug-likeness (QED) is 0.725. The van der Waals surface area contributed by atoms with Crippen molar-refractivity contribution in [2.75, 3.05) is 5.75 Å². The Kier molecular flexibility index (Phi) is 3.37. The number of hydrogen-bond acceptors (Lipinski definition) is 2. The zero-order chi connectivity index (χ0) is 9.97. The predicted molar refractivity (Wildman–Crippen MR) is 60.4 cm³/mol. The first-order valence-corrected chi connectivity index (χ1v) is 6.77. The summed E-state index contributed by atoms with van der Waals surface area (Å²) in [6.45, 7) is 2.24. The zero-order valence-electron chi connectivity index (χ0n) is 8.79. The van der Waals surface area contributed by atoms with Crippen molar-refractivity contribution in [3.8, 4) is 0 Å². The molecule has 80 valence electrons. The zero-order valence-corrected chi connectivity index (χ0v) is 9.61. The average Bonchev–Trinajstić information content (AvgIpc) is 2.66. The first kappa shape index (κ1) is 10.3. The molecule has 1 N–H and O–H groups in total. The Morgan fingerprint density at radius 1 is 1.50 bits per heavy atom. The molecule has 0 saturated carbocycles. The highest BCUT2D eigenvalue weighted by Gasteiger charge is 2.42. The Bertz CT molecular complexity index is 219. The number of carbonyl (C=O) groups excluding carboxylic acids is 1. The van der Waals surface area contributed by atoms with E-state index in [0.717, 1.165) is 6.42 Å². The van der Waals surface area contributed by atoms with E-state index in [0.29, 0.717) is 17.2 Å². The van der Waals surface area contributed by atoms with E-state index in [1.54, 1.807) is 0 Å². The molecule has 1 amide bonds. The lowest BCUT2D eigenvalue weighted by Gasteiger charge is -2.17. The van der Waals surface area contributed by atoms with Crippen molar-refractivity contribution in [2.45, 2.75) is 50.3 Å². The largest absolute Gasteiger partial charge is 0.352 e. The summed E-state index contributed by atoms with van der Waals surface area (Å²) in [7, 11) is 0. The SMILES string of the molecule is CCCCCC1SC[C@@H]2CC(=O)N[C@H]12. The van der Waals surface area contributed by atoms with Crippen molar-refractivity contribution in [1.82, 2.24) is 5.32 Å². The third kappa shape index (κ3) is 2.08. The molecule has 0 radical (unpaired) electrons. The predicted octanol–water partition coefficient (Wildman–Crippen LogP) is 2.19. The molecule has 0 aromatic rings. The van der Waals surface area contributed by atoms with E-state index in [1.165, 1.54) is 31.4 Å². The molecule has 3 atom stereocenters. The second-order valence-electron chi connectivity index (χ2n) is 4.43. The van der Waals surface area contributed by atoms with Gasteiger partial charge in [0.1, 0.15) is 0 Å². The van der Waals surface area contributed by atoms with Crippen LogP contribution in [0.1, 0.15) is 39.0 Å². The minimum Gasteiger partial charge on any atom is -0.352 e. The highest BCUT2D eigenvalue weighted by atomic mass is 32.2. The lowest BCUT2D eigenvalue weighted by atomic mass is 9.97. The van der Waals surface area contributed by atoms with E-state index in [1.807, 2.05) is 0 Å². The summed E-state index contributed by atoms with van der Waals surface area (Å²) in [5.74, 6) is 2.11. The van der Waals surface area contributed by atoms with Gasteiger partial charge in [-0.15, -0.1) is 0 Å². The minimum atomic E-state index is 0.279. The lowest BCUT2D eigenvalue weighted by molar-refractivity contribution is -0.119. The summed E-state index contributed by atoms with van der Waals surface area (Å²) in [5, 5.41) is 3.84. The normalized spacial score (nSPS) is 35.8. The van der Waals surface area contributed by atoms with Crippen molar-refractivity contribution >= 4 is 17.7 Å².